The summed E-state index contributed by atoms with van der Waals surface area (Å²) in [6.07, 6.45) is 0. The molecule has 0 atom stereocenters. The van der Waals surface area contributed by atoms with Gasteiger partial charge in [0.2, 0.25) is 0 Å². The fourth-order valence-electron chi connectivity index (χ4n) is 9.59. The third-order valence-corrected chi connectivity index (χ3v) is 20.8. The molecule has 0 amide bonds. The number of rotatable bonds is 4. The third kappa shape index (κ3) is 4.54. The van der Waals surface area contributed by atoms with Crippen LogP contribution in [0.15, 0.2) is 164 Å². The van der Waals surface area contributed by atoms with Crippen molar-refractivity contribution in [2.45, 2.75) is 26.2 Å². The first-order chi connectivity index (χ1) is 26.3. The van der Waals surface area contributed by atoms with Gasteiger partial charge in [-0.15, -0.1) is 11.3 Å². The van der Waals surface area contributed by atoms with Crippen molar-refractivity contribution < 1.29 is 0 Å². The molecule has 3 heterocycles. The number of fused-ring (bicyclic) bond motifs is 11. The van der Waals surface area contributed by atoms with Crippen molar-refractivity contribution in [2.24, 2.45) is 0 Å². The summed E-state index contributed by atoms with van der Waals surface area (Å²) in [5.74, 6) is 0. The molecule has 0 saturated heterocycles. The summed E-state index contributed by atoms with van der Waals surface area (Å²) in [5.41, 5.74) is 11.8. The van der Waals surface area contributed by atoms with Gasteiger partial charge in [0, 0.05) is 37.2 Å². The van der Waals surface area contributed by atoms with Gasteiger partial charge >= 0.3 is 0 Å². The second-order valence-corrected chi connectivity index (χ2v) is 25.9. The molecule has 0 N–H and O–H groups in total. The number of thiophene rings is 1. The molecule has 2 aliphatic rings. The second kappa shape index (κ2) is 11.5. The lowest BCUT2D eigenvalue weighted by molar-refractivity contribution is 1.29. The van der Waals surface area contributed by atoms with Gasteiger partial charge in [-0.1, -0.05) is 141 Å². The monoisotopic (exact) mass is 741 g/mol. The molecule has 0 fully saturated rings. The molecule has 4 heteroatoms. The minimum absolute atomic E-state index is 1.17. The molecular formula is C50H39NSSi2. The van der Waals surface area contributed by atoms with Crippen LogP contribution >= 0.6 is 11.3 Å². The summed E-state index contributed by atoms with van der Waals surface area (Å²) < 4.78 is 2.80. The van der Waals surface area contributed by atoms with Crippen LogP contribution in [-0.4, -0.2) is 16.1 Å². The summed E-state index contributed by atoms with van der Waals surface area (Å²) in [5, 5.41) is 11.4. The van der Waals surface area contributed by atoms with Crippen LogP contribution in [0.4, 0.5) is 17.1 Å². The summed E-state index contributed by atoms with van der Waals surface area (Å²) in [6.45, 7) is 10.1. The van der Waals surface area contributed by atoms with Crippen molar-refractivity contribution in [3.63, 3.8) is 0 Å². The number of nitrogens with zero attached hydrogens (tertiary/aromatic N) is 1. The van der Waals surface area contributed by atoms with Crippen molar-refractivity contribution in [1.29, 1.82) is 0 Å². The van der Waals surface area contributed by atoms with Gasteiger partial charge in [0.1, 0.15) is 16.1 Å². The van der Waals surface area contributed by atoms with Gasteiger partial charge in [0.15, 0.2) is 0 Å². The van der Waals surface area contributed by atoms with Gasteiger partial charge in [0.05, 0.1) is 0 Å². The zero-order chi connectivity index (χ0) is 36.3. The Morgan fingerprint density at radius 3 is 1.93 bits per heavy atom. The molecule has 1 aromatic heterocycles. The van der Waals surface area contributed by atoms with Gasteiger partial charge in [-0.2, -0.15) is 0 Å². The number of hydrogen-bond donors (Lipinski definition) is 0. The van der Waals surface area contributed by atoms with Crippen LogP contribution in [0.3, 0.4) is 0 Å². The van der Waals surface area contributed by atoms with E-state index in [1.165, 1.54) is 91.8 Å². The molecule has 0 unspecified atom stereocenters. The normalized spacial score (nSPS) is 14.6. The fraction of sp³-hybridized carbons (Fsp3) is 0.0800. The first-order valence-corrected chi connectivity index (χ1v) is 25.8. The average Bonchev–Trinajstić information content (AvgIpc) is 3.78. The first kappa shape index (κ1) is 32.0. The Morgan fingerprint density at radius 1 is 0.407 bits per heavy atom. The molecule has 8 aromatic carbocycles. The smallest absolute Gasteiger partial charge is 0.114 e. The van der Waals surface area contributed by atoms with E-state index in [9.17, 15) is 0 Å². The van der Waals surface area contributed by atoms with Gasteiger partial charge < -0.3 is 4.90 Å². The Balaban J connectivity index is 1.08. The van der Waals surface area contributed by atoms with Crippen LogP contribution in [0.25, 0.3) is 64.3 Å². The van der Waals surface area contributed by atoms with Crippen LogP contribution in [-0.2, 0) is 0 Å². The van der Waals surface area contributed by atoms with Gasteiger partial charge in [-0.05, 0) is 113 Å². The molecule has 0 radical (unpaired) electrons. The minimum Gasteiger partial charge on any atom is -0.310 e. The Kier molecular flexibility index (Phi) is 6.80. The predicted octanol–water partition coefficient (Wildman–Crippen LogP) is 12.0. The highest BCUT2D eigenvalue weighted by atomic mass is 32.1. The van der Waals surface area contributed by atoms with Crippen molar-refractivity contribution in [3.8, 4) is 33.4 Å². The molecule has 258 valence electrons. The lowest BCUT2D eigenvalue weighted by atomic mass is 10.00. The van der Waals surface area contributed by atoms with E-state index in [1.807, 2.05) is 11.3 Å². The lowest BCUT2D eigenvalue weighted by Gasteiger charge is -2.28. The number of hydrogen-bond acceptors (Lipinski definition) is 2. The highest BCUT2D eigenvalue weighted by Gasteiger charge is 2.40. The lowest BCUT2D eigenvalue weighted by Crippen LogP contribution is -2.49. The van der Waals surface area contributed by atoms with Crippen molar-refractivity contribution >= 4 is 96.2 Å². The zero-order valence-electron chi connectivity index (χ0n) is 30.9. The molecule has 1 nitrogen and oxygen atoms in total. The SMILES string of the molecule is C[Si]1(C)c2ccccc2-c2cc(N(c3ccc(-c4ccc5ccccc5c4)cc3)c3ccc4c(c3)[Si](C)(C)c3ccc5c(sc6ccccc65)c3-4)ccc21. The van der Waals surface area contributed by atoms with Crippen molar-refractivity contribution in [3.05, 3.63) is 164 Å². The van der Waals surface area contributed by atoms with Gasteiger partial charge in [-0.25, -0.2) is 0 Å². The quantitative estimate of drug-likeness (QED) is 0.162. The molecule has 54 heavy (non-hydrogen) atoms. The van der Waals surface area contributed by atoms with E-state index in [-0.39, 0.29) is 0 Å². The first-order valence-electron chi connectivity index (χ1n) is 19.0. The topological polar surface area (TPSA) is 3.24 Å². The van der Waals surface area contributed by atoms with Gasteiger partial charge in [0.25, 0.3) is 0 Å². The molecule has 0 aliphatic carbocycles. The van der Waals surface area contributed by atoms with Crippen LogP contribution in [0.5, 0.6) is 0 Å². The molecule has 0 spiro atoms. The average molecular weight is 742 g/mol. The van der Waals surface area contributed by atoms with E-state index >= 15 is 0 Å². The maximum absolute atomic E-state index is 2.54. The Bertz CT molecular complexity index is 3010. The Morgan fingerprint density at radius 2 is 1.06 bits per heavy atom. The summed E-state index contributed by atoms with van der Waals surface area (Å²) in [7, 11) is -3.78. The Hall–Kier alpha value is -5.53. The van der Waals surface area contributed by atoms with Crippen molar-refractivity contribution in [2.75, 3.05) is 4.90 Å². The Labute approximate surface area is 322 Å². The van der Waals surface area contributed by atoms with Crippen LogP contribution in [0.1, 0.15) is 0 Å². The highest BCUT2D eigenvalue weighted by Crippen LogP contribution is 2.44. The van der Waals surface area contributed by atoms with E-state index in [0.717, 1.165) is 0 Å². The van der Waals surface area contributed by atoms with Crippen LogP contribution in [0.2, 0.25) is 26.2 Å². The van der Waals surface area contributed by atoms with Crippen LogP contribution < -0.4 is 25.6 Å². The predicted molar refractivity (Wildman–Crippen MR) is 241 cm³/mol. The van der Waals surface area contributed by atoms with E-state index in [4.69, 9.17) is 0 Å². The number of benzene rings is 8. The summed E-state index contributed by atoms with van der Waals surface area (Å²) >= 11 is 1.96. The third-order valence-electron chi connectivity index (χ3n) is 12.5. The maximum atomic E-state index is 2.54. The van der Waals surface area contributed by atoms with E-state index in [0.29, 0.717) is 0 Å². The van der Waals surface area contributed by atoms with Crippen molar-refractivity contribution in [1.82, 2.24) is 0 Å². The minimum atomic E-state index is -2.00. The fourth-order valence-corrected chi connectivity index (χ4v) is 17.1. The highest BCUT2D eigenvalue weighted by molar-refractivity contribution is 7.26. The molecule has 11 rings (SSSR count). The second-order valence-electron chi connectivity index (χ2n) is 16.2. The molecule has 0 bridgehead atoms. The standard InChI is InChI=1S/C50H39NSSi2/c1-53(2)45-16-10-8-14-40(45)43-30-37(24-27-46(43)53)51(36-21-19-33(20-22-36)35-18-17-32-11-5-6-12-34(32)29-35)38-23-25-42-48(31-38)54(3,4)47-28-26-41-39-13-7-9-15-44(39)52-50(41)49(42)47/h5-31H,1-4H3. The molecular weight excluding hydrogens is 703 g/mol. The van der Waals surface area contributed by atoms with E-state index in [2.05, 4.69) is 195 Å². The van der Waals surface area contributed by atoms with E-state index < -0.39 is 16.1 Å². The maximum Gasteiger partial charge on any atom is 0.114 e. The molecule has 2 aliphatic heterocycles. The number of anilines is 3. The largest absolute Gasteiger partial charge is 0.310 e. The summed E-state index contributed by atoms with van der Waals surface area (Å²) in [6, 6.07) is 62.1. The zero-order valence-corrected chi connectivity index (χ0v) is 33.8. The van der Waals surface area contributed by atoms with Gasteiger partial charge in [-0.3, -0.25) is 0 Å². The molecule has 9 aromatic rings. The molecule has 0 saturated carbocycles. The van der Waals surface area contributed by atoms with E-state index in [1.54, 1.807) is 10.4 Å². The van der Waals surface area contributed by atoms with Crippen LogP contribution in [0, 0.1) is 0 Å². The summed E-state index contributed by atoms with van der Waals surface area (Å²) in [4.78, 5) is 2.50.